The normalized spacial score (nSPS) is 15.1. The summed E-state index contributed by atoms with van der Waals surface area (Å²) >= 11 is 0. The third kappa shape index (κ3) is 5.29. The Morgan fingerprint density at radius 2 is 1.76 bits per heavy atom. The molecule has 0 unspecified atom stereocenters. The first-order valence-electron chi connectivity index (χ1n) is 10.0. The molecule has 0 atom stereocenters. The summed E-state index contributed by atoms with van der Waals surface area (Å²) in [6, 6.07) is 12.6. The summed E-state index contributed by atoms with van der Waals surface area (Å²) in [5.41, 5.74) is 2.03. The number of anilines is 1. The van der Waals surface area contributed by atoms with E-state index in [1.165, 1.54) is 0 Å². The van der Waals surface area contributed by atoms with Crippen LogP contribution in [0.15, 0.2) is 42.5 Å². The third-order valence-electron chi connectivity index (χ3n) is 5.39. The molecule has 0 aliphatic heterocycles. The topological polar surface area (TPSA) is 95.9 Å². The summed E-state index contributed by atoms with van der Waals surface area (Å²) in [6.45, 7) is 1.88. The predicted octanol–water partition coefficient (Wildman–Crippen LogP) is 3.48. The first-order valence-corrected chi connectivity index (χ1v) is 11.7. The predicted molar refractivity (Wildman–Crippen MR) is 114 cm³/mol. The second-order valence-corrected chi connectivity index (χ2v) is 9.66. The summed E-state index contributed by atoms with van der Waals surface area (Å²) in [6.07, 6.45) is 3.69. The molecule has 29 heavy (non-hydrogen) atoms. The molecule has 0 saturated heterocycles. The monoisotopic (exact) mass is 419 g/mol. The number of aliphatic hydroxyl groups excluding tert-OH is 2. The maximum absolute atomic E-state index is 12.1. The second kappa shape index (κ2) is 9.15. The van der Waals surface area contributed by atoms with Gasteiger partial charge in [0.1, 0.15) is 11.5 Å². The van der Waals surface area contributed by atoms with Gasteiger partial charge in [0.2, 0.25) is 10.0 Å². The van der Waals surface area contributed by atoms with Crippen molar-refractivity contribution in [2.75, 3.05) is 23.7 Å². The summed E-state index contributed by atoms with van der Waals surface area (Å²) in [7, 11) is -3.34. The van der Waals surface area contributed by atoms with Crippen LogP contribution in [0.3, 0.4) is 0 Å². The van der Waals surface area contributed by atoms with Crippen LogP contribution in [-0.4, -0.2) is 37.6 Å². The number of nitrogens with one attached hydrogen (secondary N) is 1. The van der Waals surface area contributed by atoms with Crippen LogP contribution in [0.1, 0.15) is 37.3 Å². The Labute approximate surface area is 172 Å². The minimum absolute atomic E-state index is 0.0787. The molecule has 2 aromatic rings. The molecule has 0 fully saturated rings. The van der Waals surface area contributed by atoms with E-state index < -0.39 is 15.4 Å². The lowest BCUT2D eigenvalue weighted by Crippen LogP contribution is -2.30. The van der Waals surface area contributed by atoms with Crippen molar-refractivity contribution in [3.63, 3.8) is 0 Å². The number of rotatable bonds is 10. The van der Waals surface area contributed by atoms with Crippen molar-refractivity contribution >= 4 is 15.7 Å². The van der Waals surface area contributed by atoms with Crippen LogP contribution in [0.2, 0.25) is 0 Å². The molecular weight excluding hydrogens is 390 g/mol. The SMILES string of the molecule is CCCCCS(=O)(=O)Nc1ccc(Oc2cccc3c2CC(CO)(CO)C3)cc1. The van der Waals surface area contributed by atoms with Gasteiger partial charge in [0.05, 0.1) is 19.0 Å². The summed E-state index contributed by atoms with van der Waals surface area (Å²) < 4.78 is 32.9. The smallest absolute Gasteiger partial charge is 0.232 e. The Kier molecular flexibility index (Phi) is 6.82. The van der Waals surface area contributed by atoms with Gasteiger partial charge in [0.25, 0.3) is 0 Å². The van der Waals surface area contributed by atoms with E-state index in [-0.39, 0.29) is 19.0 Å². The van der Waals surface area contributed by atoms with E-state index in [0.29, 0.717) is 36.4 Å². The van der Waals surface area contributed by atoms with Crippen molar-refractivity contribution in [2.45, 2.75) is 39.0 Å². The molecule has 0 aromatic heterocycles. The molecule has 1 aliphatic rings. The highest BCUT2D eigenvalue weighted by atomic mass is 32.2. The average Bonchev–Trinajstić information content (AvgIpc) is 3.10. The largest absolute Gasteiger partial charge is 0.457 e. The lowest BCUT2D eigenvalue weighted by molar-refractivity contribution is 0.0632. The molecular formula is C22H29NO5S. The Morgan fingerprint density at radius 1 is 1.03 bits per heavy atom. The van der Waals surface area contributed by atoms with Crippen molar-refractivity contribution in [3.05, 3.63) is 53.6 Å². The molecule has 6 nitrogen and oxygen atoms in total. The quantitative estimate of drug-likeness (QED) is 0.513. The van der Waals surface area contributed by atoms with Gasteiger partial charge < -0.3 is 14.9 Å². The number of sulfonamides is 1. The Bertz CT molecular complexity index is 921. The molecule has 3 rings (SSSR count). The molecule has 7 heteroatoms. The number of hydrogen-bond donors (Lipinski definition) is 3. The Hall–Kier alpha value is -2.09. The lowest BCUT2D eigenvalue weighted by Gasteiger charge is -2.23. The molecule has 2 aromatic carbocycles. The molecule has 0 radical (unpaired) electrons. The van der Waals surface area contributed by atoms with Crippen molar-refractivity contribution in [1.82, 2.24) is 0 Å². The Balaban J connectivity index is 1.68. The fourth-order valence-electron chi connectivity index (χ4n) is 3.68. The van der Waals surface area contributed by atoms with Gasteiger partial charge in [0.15, 0.2) is 0 Å². The van der Waals surface area contributed by atoms with E-state index in [4.69, 9.17) is 4.74 Å². The van der Waals surface area contributed by atoms with E-state index >= 15 is 0 Å². The summed E-state index contributed by atoms with van der Waals surface area (Å²) in [5.74, 6) is 1.41. The fourth-order valence-corrected chi connectivity index (χ4v) is 4.86. The van der Waals surface area contributed by atoms with E-state index in [2.05, 4.69) is 4.72 Å². The maximum Gasteiger partial charge on any atom is 0.232 e. The minimum atomic E-state index is -3.34. The van der Waals surface area contributed by atoms with Gasteiger partial charge >= 0.3 is 0 Å². The van der Waals surface area contributed by atoms with Crippen LogP contribution in [0.5, 0.6) is 11.5 Å². The number of ether oxygens (including phenoxy) is 1. The Morgan fingerprint density at radius 3 is 2.41 bits per heavy atom. The van der Waals surface area contributed by atoms with Crippen LogP contribution in [-0.2, 0) is 22.9 Å². The molecule has 3 N–H and O–H groups in total. The summed E-state index contributed by atoms with van der Waals surface area (Å²) in [5, 5.41) is 19.4. The van der Waals surface area contributed by atoms with Gasteiger partial charge in [-0.25, -0.2) is 8.42 Å². The molecule has 0 amide bonds. The van der Waals surface area contributed by atoms with Crippen LogP contribution < -0.4 is 9.46 Å². The molecule has 1 aliphatic carbocycles. The van der Waals surface area contributed by atoms with E-state index in [9.17, 15) is 18.6 Å². The van der Waals surface area contributed by atoms with Crippen LogP contribution >= 0.6 is 0 Å². The van der Waals surface area contributed by atoms with Gasteiger partial charge in [-0.2, -0.15) is 0 Å². The van der Waals surface area contributed by atoms with Gasteiger partial charge in [-0.05, 0) is 60.7 Å². The summed E-state index contributed by atoms with van der Waals surface area (Å²) in [4.78, 5) is 0. The third-order valence-corrected chi connectivity index (χ3v) is 6.76. The zero-order valence-corrected chi connectivity index (χ0v) is 17.5. The lowest BCUT2D eigenvalue weighted by atomic mass is 9.87. The molecule has 0 heterocycles. The van der Waals surface area contributed by atoms with E-state index in [0.717, 1.165) is 24.0 Å². The fraction of sp³-hybridized carbons (Fsp3) is 0.455. The van der Waals surface area contributed by atoms with Crippen molar-refractivity contribution in [1.29, 1.82) is 0 Å². The van der Waals surface area contributed by atoms with E-state index in [1.807, 2.05) is 25.1 Å². The number of unbranched alkanes of at least 4 members (excludes halogenated alkanes) is 2. The second-order valence-electron chi connectivity index (χ2n) is 7.82. The number of aliphatic hydroxyl groups is 2. The highest BCUT2D eigenvalue weighted by Gasteiger charge is 2.37. The van der Waals surface area contributed by atoms with Gasteiger partial charge in [-0.15, -0.1) is 0 Å². The first kappa shape index (κ1) is 21.6. The standard InChI is InChI=1S/C22H29NO5S/c1-2-3-4-12-29(26,27)23-18-8-10-19(11-9-18)28-21-7-5-6-17-13-22(15-24,16-25)14-20(17)21/h5-11,23-25H,2-4,12-16H2,1H3. The van der Waals surface area contributed by atoms with Gasteiger partial charge in [-0.1, -0.05) is 31.9 Å². The molecule has 0 bridgehead atoms. The first-order chi connectivity index (χ1) is 13.9. The maximum atomic E-state index is 12.1. The number of benzene rings is 2. The van der Waals surface area contributed by atoms with Gasteiger partial charge in [-0.3, -0.25) is 4.72 Å². The highest BCUT2D eigenvalue weighted by molar-refractivity contribution is 7.92. The zero-order chi connectivity index (χ0) is 20.9. The molecule has 158 valence electrons. The number of fused-ring (bicyclic) bond motifs is 1. The zero-order valence-electron chi connectivity index (χ0n) is 16.7. The highest BCUT2D eigenvalue weighted by Crippen LogP contribution is 2.42. The molecule has 0 spiro atoms. The van der Waals surface area contributed by atoms with Crippen molar-refractivity contribution < 1.29 is 23.4 Å². The van der Waals surface area contributed by atoms with Crippen LogP contribution in [0.4, 0.5) is 5.69 Å². The van der Waals surface area contributed by atoms with Crippen LogP contribution in [0.25, 0.3) is 0 Å². The van der Waals surface area contributed by atoms with E-state index in [1.54, 1.807) is 24.3 Å². The van der Waals surface area contributed by atoms with Crippen LogP contribution in [0, 0.1) is 5.41 Å². The average molecular weight is 420 g/mol. The van der Waals surface area contributed by atoms with Crippen molar-refractivity contribution in [3.8, 4) is 11.5 Å². The van der Waals surface area contributed by atoms with Crippen molar-refractivity contribution in [2.24, 2.45) is 5.41 Å². The van der Waals surface area contributed by atoms with Gasteiger partial charge in [0, 0.05) is 11.1 Å². The minimum Gasteiger partial charge on any atom is -0.457 e. The number of hydrogen-bond acceptors (Lipinski definition) is 5. The molecule has 0 saturated carbocycles.